The van der Waals surface area contributed by atoms with Crippen molar-refractivity contribution in [3.05, 3.63) is 58.1 Å². The molecule has 0 aromatic heterocycles. The molecular formula is C13H10N4O2. The van der Waals surface area contributed by atoms with Crippen molar-refractivity contribution < 1.29 is 4.92 Å². The summed E-state index contributed by atoms with van der Waals surface area (Å²) in [6, 6.07) is 13.4. The second kappa shape index (κ2) is 5.06. The summed E-state index contributed by atoms with van der Waals surface area (Å²) >= 11 is 0. The molecule has 0 radical (unpaired) electrons. The summed E-state index contributed by atoms with van der Waals surface area (Å²) in [5, 5.41) is 22.9. The lowest BCUT2D eigenvalue weighted by atomic mass is 10.1. The summed E-state index contributed by atoms with van der Waals surface area (Å²) in [4.78, 5) is 10.5. The fourth-order valence-electron chi connectivity index (χ4n) is 1.70. The number of rotatable bonds is 3. The lowest BCUT2D eigenvalue weighted by Gasteiger charge is -2.09. The zero-order valence-electron chi connectivity index (χ0n) is 9.83. The summed E-state index contributed by atoms with van der Waals surface area (Å²) in [5.74, 6) is 0. The van der Waals surface area contributed by atoms with E-state index < -0.39 is 4.92 Å². The second-order valence-electron chi connectivity index (χ2n) is 3.78. The van der Waals surface area contributed by atoms with E-state index in [0.29, 0.717) is 11.3 Å². The fraction of sp³-hybridized carbons (Fsp3) is 0. The highest BCUT2D eigenvalue weighted by molar-refractivity contribution is 5.79. The number of benzene rings is 2. The van der Waals surface area contributed by atoms with Crippen LogP contribution in [0.1, 0.15) is 5.56 Å². The number of hydrogen-bond acceptors (Lipinski definition) is 5. The van der Waals surface area contributed by atoms with E-state index in [1.165, 1.54) is 6.07 Å². The smallest absolute Gasteiger partial charge is 0.315 e. The first kappa shape index (κ1) is 12.4. The molecule has 6 nitrogen and oxygen atoms in total. The Bertz CT molecular complexity index is 677. The first-order chi connectivity index (χ1) is 9.13. The predicted octanol–water partition coefficient (Wildman–Crippen LogP) is 2.79. The van der Waals surface area contributed by atoms with E-state index in [2.05, 4.69) is 5.32 Å². The molecule has 0 spiro atoms. The highest BCUT2D eigenvalue weighted by Gasteiger charge is 2.18. The van der Waals surface area contributed by atoms with Crippen LogP contribution < -0.4 is 11.1 Å². The minimum atomic E-state index is -0.549. The minimum absolute atomic E-state index is 0.0736. The van der Waals surface area contributed by atoms with Crippen LogP contribution in [0.25, 0.3) is 0 Å². The van der Waals surface area contributed by atoms with E-state index in [4.69, 9.17) is 11.0 Å². The van der Waals surface area contributed by atoms with Gasteiger partial charge < -0.3 is 11.1 Å². The first-order valence-corrected chi connectivity index (χ1v) is 5.42. The molecule has 0 atom stereocenters. The van der Waals surface area contributed by atoms with Crippen LogP contribution >= 0.6 is 0 Å². The average Bonchev–Trinajstić information content (AvgIpc) is 2.39. The maximum Gasteiger partial charge on any atom is 0.315 e. The number of nitrogens with zero attached hydrogens (tertiary/aromatic N) is 2. The molecule has 2 aromatic rings. The molecule has 0 amide bonds. The molecule has 2 rings (SSSR count). The number of para-hydroxylation sites is 2. The zero-order valence-corrected chi connectivity index (χ0v) is 9.83. The van der Waals surface area contributed by atoms with Gasteiger partial charge in [0.1, 0.15) is 17.4 Å². The molecule has 19 heavy (non-hydrogen) atoms. The van der Waals surface area contributed by atoms with Gasteiger partial charge in [-0.25, -0.2) is 0 Å². The summed E-state index contributed by atoms with van der Waals surface area (Å²) < 4.78 is 0. The average molecular weight is 254 g/mol. The Morgan fingerprint density at radius 1 is 1.16 bits per heavy atom. The monoisotopic (exact) mass is 254 g/mol. The minimum Gasteiger partial charge on any atom is -0.393 e. The second-order valence-corrected chi connectivity index (χ2v) is 3.78. The van der Waals surface area contributed by atoms with Crippen molar-refractivity contribution in [2.45, 2.75) is 0 Å². The lowest BCUT2D eigenvalue weighted by molar-refractivity contribution is -0.383. The standard InChI is InChI=1S/C13H10N4O2/c14-8-9-4-1-2-6-11(9)16-12-7-3-5-10(15)13(12)17(18)19/h1-7,16H,15H2. The summed E-state index contributed by atoms with van der Waals surface area (Å²) in [6.45, 7) is 0. The van der Waals surface area contributed by atoms with Crippen LogP contribution in [0.3, 0.4) is 0 Å². The van der Waals surface area contributed by atoms with Crippen LogP contribution in [0.2, 0.25) is 0 Å². The Morgan fingerprint density at radius 3 is 2.53 bits per heavy atom. The van der Waals surface area contributed by atoms with Crippen molar-refractivity contribution in [3.8, 4) is 6.07 Å². The van der Waals surface area contributed by atoms with Crippen molar-refractivity contribution in [1.82, 2.24) is 0 Å². The Hall–Kier alpha value is -3.07. The number of nitrogens with two attached hydrogens (primary N) is 1. The maximum atomic E-state index is 11.0. The molecule has 94 valence electrons. The largest absolute Gasteiger partial charge is 0.393 e. The number of nitro groups is 1. The van der Waals surface area contributed by atoms with Crippen LogP contribution in [-0.2, 0) is 0 Å². The topological polar surface area (TPSA) is 105 Å². The van der Waals surface area contributed by atoms with E-state index in [1.54, 1.807) is 36.4 Å². The van der Waals surface area contributed by atoms with Crippen LogP contribution in [0.4, 0.5) is 22.7 Å². The number of nitrogen functional groups attached to an aromatic ring is 1. The number of hydrogen-bond donors (Lipinski definition) is 2. The molecule has 0 bridgehead atoms. The van der Waals surface area contributed by atoms with Crippen LogP contribution in [0.5, 0.6) is 0 Å². The van der Waals surface area contributed by atoms with Gasteiger partial charge in [0.05, 0.1) is 16.2 Å². The predicted molar refractivity (Wildman–Crippen MR) is 71.9 cm³/mol. The van der Waals surface area contributed by atoms with Gasteiger partial charge in [0.15, 0.2) is 0 Å². The van der Waals surface area contributed by atoms with Gasteiger partial charge in [0.2, 0.25) is 0 Å². The van der Waals surface area contributed by atoms with E-state index in [-0.39, 0.29) is 17.1 Å². The Morgan fingerprint density at radius 2 is 1.84 bits per heavy atom. The third-order valence-electron chi connectivity index (χ3n) is 2.57. The van der Waals surface area contributed by atoms with Gasteiger partial charge in [0.25, 0.3) is 0 Å². The molecule has 0 aliphatic heterocycles. The summed E-state index contributed by atoms with van der Waals surface area (Å²) in [6.07, 6.45) is 0. The van der Waals surface area contributed by atoms with Gasteiger partial charge in [-0.2, -0.15) is 5.26 Å². The van der Waals surface area contributed by atoms with Crippen LogP contribution in [0.15, 0.2) is 42.5 Å². The molecule has 6 heteroatoms. The van der Waals surface area contributed by atoms with Gasteiger partial charge in [-0.1, -0.05) is 18.2 Å². The molecule has 0 saturated carbocycles. The van der Waals surface area contributed by atoms with Crippen LogP contribution in [-0.4, -0.2) is 4.92 Å². The zero-order chi connectivity index (χ0) is 13.8. The van der Waals surface area contributed by atoms with Crippen molar-refractivity contribution >= 4 is 22.7 Å². The van der Waals surface area contributed by atoms with E-state index >= 15 is 0 Å². The molecule has 3 N–H and O–H groups in total. The highest BCUT2D eigenvalue weighted by atomic mass is 16.6. The third kappa shape index (κ3) is 2.45. The lowest BCUT2D eigenvalue weighted by Crippen LogP contribution is -2.01. The van der Waals surface area contributed by atoms with Gasteiger partial charge in [-0.15, -0.1) is 0 Å². The quantitative estimate of drug-likeness (QED) is 0.497. The van der Waals surface area contributed by atoms with Crippen molar-refractivity contribution in [3.63, 3.8) is 0 Å². The third-order valence-corrected chi connectivity index (χ3v) is 2.57. The number of nitriles is 1. The number of nitrogens with one attached hydrogen (secondary N) is 1. The van der Waals surface area contributed by atoms with Gasteiger partial charge in [-0.3, -0.25) is 10.1 Å². The molecule has 0 unspecified atom stereocenters. The van der Waals surface area contributed by atoms with Crippen LogP contribution in [0, 0.1) is 21.4 Å². The van der Waals surface area contributed by atoms with Crippen molar-refractivity contribution in [2.75, 3.05) is 11.1 Å². The normalized spacial score (nSPS) is 9.63. The summed E-state index contributed by atoms with van der Waals surface area (Å²) in [7, 11) is 0. The Labute approximate surface area is 109 Å². The molecule has 0 aliphatic rings. The van der Waals surface area contributed by atoms with Crippen molar-refractivity contribution in [1.29, 1.82) is 5.26 Å². The molecule has 0 fully saturated rings. The maximum absolute atomic E-state index is 11.0. The number of anilines is 3. The van der Waals surface area contributed by atoms with E-state index in [9.17, 15) is 10.1 Å². The van der Waals surface area contributed by atoms with Gasteiger partial charge in [0, 0.05) is 0 Å². The molecular weight excluding hydrogens is 244 g/mol. The fourth-order valence-corrected chi connectivity index (χ4v) is 1.70. The van der Waals surface area contributed by atoms with E-state index in [0.717, 1.165) is 0 Å². The SMILES string of the molecule is N#Cc1ccccc1Nc1cccc(N)c1[N+](=O)[O-]. The molecule has 0 saturated heterocycles. The summed E-state index contributed by atoms with van der Waals surface area (Å²) in [5.41, 5.74) is 6.63. The number of nitro benzene ring substituents is 1. The van der Waals surface area contributed by atoms with Crippen molar-refractivity contribution in [2.24, 2.45) is 0 Å². The van der Waals surface area contributed by atoms with Gasteiger partial charge in [-0.05, 0) is 24.3 Å². The molecule has 2 aromatic carbocycles. The molecule has 0 aliphatic carbocycles. The van der Waals surface area contributed by atoms with E-state index in [1.807, 2.05) is 6.07 Å². The van der Waals surface area contributed by atoms with Gasteiger partial charge >= 0.3 is 5.69 Å². The highest BCUT2D eigenvalue weighted by Crippen LogP contribution is 2.33. The Kier molecular flexibility index (Phi) is 3.30. The Balaban J connectivity index is 2.48. The first-order valence-electron chi connectivity index (χ1n) is 5.42. The molecule has 0 heterocycles.